The van der Waals surface area contributed by atoms with Crippen LogP contribution in [-0.4, -0.2) is 83.9 Å². The fourth-order valence-corrected chi connectivity index (χ4v) is 7.18. The summed E-state index contributed by atoms with van der Waals surface area (Å²) in [4.78, 5) is 33.2. The summed E-state index contributed by atoms with van der Waals surface area (Å²) in [5.74, 6) is -0.273. The molecule has 2 saturated heterocycles. The zero-order valence-corrected chi connectivity index (χ0v) is 24.5. The van der Waals surface area contributed by atoms with Crippen molar-refractivity contribution in [3.8, 4) is 0 Å². The van der Waals surface area contributed by atoms with E-state index >= 15 is 0 Å². The number of amides is 2. The highest BCUT2D eigenvalue weighted by Gasteiger charge is 2.44. The summed E-state index contributed by atoms with van der Waals surface area (Å²) in [6, 6.07) is 17.7. The molecule has 40 heavy (non-hydrogen) atoms. The molecule has 2 amide bonds. The predicted molar refractivity (Wildman–Crippen MR) is 160 cm³/mol. The zero-order chi connectivity index (χ0) is 28.1. The van der Waals surface area contributed by atoms with E-state index in [4.69, 9.17) is 17.3 Å². The van der Waals surface area contributed by atoms with Gasteiger partial charge in [0.2, 0.25) is 11.8 Å². The summed E-state index contributed by atoms with van der Waals surface area (Å²) >= 11 is 6.15. The first-order valence-corrected chi connectivity index (χ1v) is 15.3. The molecular weight excluding hydrogens is 522 g/mol. The number of benzene rings is 2. The van der Waals surface area contributed by atoms with Crippen LogP contribution in [0.3, 0.4) is 0 Å². The fourth-order valence-electron chi connectivity index (χ4n) is 7.06. The van der Waals surface area contributed by atoms with Crippen molar-refractivity contribution in [3.63, 3.8) is 0 Å². The van der Waals surface area contributed by atoms with Crippen molar-refractivity contribution in [2.45, 2.75) is 63.1 Å². The maximum Gasteiger partial charge on any atom is 0.239 e. The highest BCUT2D eigenvalue weighted by Crippen LogP contribution is 2.37. The van der Waals surface area contributed by atoms with Crippen LogP contribution in [0.25, 0.3) is 0 Å². The number of nitrogens with zero attached hydrogens (tertiary/aromatic N) is 3. The summed E-state index contributed by atoms with van der Waals surface area (Å²) in [6.07, 6.45) is 6.25. The van der Waals surface area contributed by atoms with Crippen LogP contribution in [0.1, 0.15) is 56.1 Å². The second-order valence-electron chi connectivity index (χ2n) is 12.0. The Bertz CT molecular complexity index is 1130. The molecule has 1 unspecified atom stereocenters. The molecule has 1 aliphatic carbocycles. The summed E-state index contributed by atoms with van der Waals surface area (Å²) < 4.78 is 0. The topological polar surface area (TPSA) is 81.9 Å². The number of likely N-dealkylation sites (tertiary alicyclic amines) is 1. The standard InChI is InChI=1S/C32H44ClN5O2/c1-24(34)30(39)37-21-28(26-10-12-27(33)13-11-26)29(22-37)31(40)36-16-18-38(19-17-36)32(14-6-3-7-15-32)23-35-20-25-8-4-2-5-9-25/h2,4-5,8-13,24,28-29,35H,3,6-7,14-23,34H2,1H3/t24?,28-,29+/m1/s1. The van der Waals surface area contributed by atoms with Crippen LogP contribution >= 0.6 is 11.6 Å². The van der Waals surface area contributed by atoms with Gasteiger partial charge in [-0.3, -0.25) is 14.5 Å². The average Bonchev–Trinajstić information content (AvgIpc) is 3.43. The first-order chi connectivity index (χ1) is 19.4. The smallest absolute Gasteiger partial charge is 0.239 e. The molecule has 3 atom stereocenters. The molecule has 216 valence electrons. The van der Waals surface area contributed by atoms with Gasteiger partial charge in [-0.25, -0.2) is 0 Å². The van der Waals surface area contributed by atoms with Gasteiger partial charge in [0.15, 0.2) is 0 Å². The van der Waals surface area contributed by atoms with Crippen molar-refractivity contribution in [2.24, 2.45) is 11.7 Å². The molecule has 0 spiro atoms. The van der Waals surface area contributed by atoms with E-state index in [9.17, 15) is 9.59 Å². The highest BCUT2D eigenvalue weighted by atomic mass is 35.5. The van der Waals surface area contributed by atoms with E-state index in [1.807, 2.05) is 29.2 Å². The maximum atomic E-state index is 14.0. The number of hydrogen-bond donors (Lipinski definition) is 2. The van der Waals surface area contributed by atoms with Crippen molar-refractivity contribution in [3.05, 3.63) is 70.7 Å². The first-order valence-electron chi connectivity index (χ1n) is 14.9. The van der Waals surface area contributed by atoms with E-state index in [0.717, 1.165) is 44.8 Å². The van der Waals surface area contributed by atoms with Crippen LogP contribution in [0, 0.1) is 5.92 Å². The maximum absolute atomic E-state index is 14.0. The Hall–Kier alpha value is -2.45. The molecule has 8 heteroatoms. The number of nitrogens with one attached hydrogen (secondary N) is 1. The number of piperazine rings is 1. The van der Waals surface area contributed by atoms with Crippen LogP contribution in [0.4, 0.5) is 0 Å². The van der Waals surface area contributed by atoms with Gasteiger partial charge in [-0.2, -0.15) is 0 Å². The second-order valence-corrected chi connectivity index (χ2v) is 12.4. The number of rotatable bonds is 8. The molecule has 2 heterocycles. The Labute approximate surface area is 244 Å². The van der Waals surface area contributed by atoms with Gasteiger partial charge < -0.3 is 20.9 Å². The lowest BCUT2D eigenvalue weighted by Crippen LogP contribution is -2.62. The molecular formula is C32H44ClN5O2. The lowest BCUT2D eigenvalue weighted by atomic mass is 9.79. The molecule has 5 rings (SSSR count). The summed E-state index contributed by atoms with van der Waals surface area (Å²) in [7, 11) is 0. The summed E-state index contributed by atoms with van der Waals surface area (Å²) in [6.45, 7) is 7.73. The Balaban J connectivity index is 1.24. The highest BCUT2D eigenvalue weighted by molar-refractivity contribution is 6.30. The molecule has 0 bridgehead atoms. The lowest BCUT2D eigenvalue weighted by Gasteiger charge is -2.50. The van der Waals surface area contributed by atoms with E-state index in [2.05, 4.69) is 40.5 Å². The SMILES string of the molecule is CC(N)C(=O)N1C[C@H](C(=O)N2CCN(C3(CNCc4ccccc4)CCCCC3)CC2)[C@@H](c2ccc(Cl)cc2)C1. The summed E-state index contributed by atoms with van der Waals surface area (Å²) in [5, 5.41) is 4.43. The van der Waals surface area contributed by atoms with Gasteiger partial charge in [0, 0.05) is 68.8 Å². The van der Waals surface area contributed by atoms with E-state index in [1.54, 1.807) is 11.8 Å². The molecule has 3 N–H and O–H groups in total. The van der Waals surface area contributed by atoms with Gasteiger partial charge in [0.05, 0.1) is 12.0 Å². The van der Waals surface area contributed by atoms with E-state index in [1.165, 1.54) is 37.7 Å². The molecule has 0 radical (unpaired) electrons. The van der Waals surface area contributed by atoms with Crippen molar-refractivity contribution in [1.82, 2.24) is 20.0 Å². The third-order valence-corrected chi connectivity index (χ3v) is 9.56. The van der Waals surface area contributed by atoms with Crippen molar-refractivity contribution >= 4 is 23.4 Å². The zero-order valence-electron chi connectivity index (χ0n) is 23.7. The van der Waals surface area contributed by atoms with Gasteiger partial charge in [0.25, 0.3) is 0 Å². The Morgan fingerprint density at radius 2 is 1.62 bits per heavy atom. The van der Waals surface area contributed by atoms with E-state index in [-0.39, 0.29) is 29.2 Å². The van der Waals surface area contributed by atoms with Gasteiger partial charge in [0.1, 0.15) is 0 Å². The number of hydrogen-bond acceptors (Lipinski definition) is 5. The minimum atomic E-state index is -0.578. The first kappa shape index (κ1) is 29.1. The van der Waals surface area contributed by atoms with Crippen LogP contribution in [0.15, 0.2) is 54.6 Å². The quantitative estimate of drug-likeness (QED) is 0.508. The normalized spacial score (nSPS) is 24.2. The van der Waals surface area contributed by atoms with E-state index in [0.29, 0.717) is 18.1 Å². The molecule has 3 fully saturated rings. The molecule has 2 aromatic rings. The lowest BCUT2D eigenvalue weighted by molar-refractivity contribution is -0.139. The van der Waals surface area contributed by atoms with Crippen molar-refractivity contribution in [2.75, 3.05) is 45.8 Å². The van der Waals surface area contributed by atoms with Crippen molar-refractivity contribution in [1.29, 1.82) is 0 Å². The minimum absolute atomic E-state index is 0.0580. The molecule has 1 saturated carbocycles. The largest absolute Gasteiger partial charge is 0.340 e. The van der Waals surface area contributed by atoms with Crippen LogP contribution < -0.4 is 11.1 Å². The minimum Gasteiger partial charge on any atom is -0.340 e. The number of carbonyl (C=O) groups excluding carboxylic acids is 2. The monoisotopic (exact) mass is 565 g/mol. The van der Waals surface area contributed by atoms with E-state index < -0.39 is 6.04 Å². The third-order valence-electron chi connectivity index (χ3n) is 9.31. The van der Waals surface area contributed by atoms with Crippen molar-refractivity contribution < 1.29 is 9.59 Å². The van der Waals surface area contributed by atoms with Crippen LogP contribution in [0.5, 0.6) is 0 Å². The van der Waals surface area contributed by atoms with Gasteiger partial charge in [-0.15, -0.1) is 0 Å². The number of carbonyl (C=O) groups is 2. The molecule has 2 aromatic carbocycles. The molecule has 7 nitrogen and oxygen atoms in total. The predicted octanol–water partition coefficient (Wildman–Crippen LogP) is 3.87. The second kappa shape index (κ2) is 13.0. The average molecular weight is 566 g/mol. The molecule has 3 aliphatic rings. The van der Waals surface area contributed by atoms with Gasteiger partial charge >= 0.3 is 0 Å². The van der Waals surface area contributed by atoms with Crippen LogP contribution in [0.2, 0.25) is 5.02 Å². The number of halogens is 1. The molecule has 2 aliphatic heterocycles. The Morgan fingerprint density at radius 1 is 0.950 bits per heavy atom. The summed E-state index contributed by atoms with van der Waals surface area (Å²) in [5.41, 5.74) is 8.45. The Morgan fingerprint density at radius 3 is 2.27 bits per heavy atom. The van der Waals surface area contributed by atoms with Gasteiger partial charge in [-0.1, -0.05) is 73.3 Å². The number of nitrogens with two attached hydrogens (primary N) is 1. The van der Waals surface area contributed by atoms with Gasteiger partial charge in [-0.05, 0) is 43.0 Å². The van der Waals surface area contributed by atoms with Crippen LogP contribution in [-0.2, 0) is 16.1 Å². The molecule has 0 aromatic heterocycles. The fraction of sp³-hybridized carbons (Fsp3) is 0.562. The Kier molecular flexibility index (Phi) is 9.46. The third kappa shape index (κ3) is 6.54.